The largest absolute Gasteiger partial charge is 0.390 e. The Hall–Kier alpha value is -1.04. The molecule has 3 nitrogen and oxygen atoms in total. The molecule has 0 saturated heterocycles. The van der Waals surface area contributed by atoms with E-state index in [0.717, 1.165) is 0 Å². The van der Waals surface area contributed by atoms with E-state index >= 15 is 0 Å². The lowest BCUT2D eigenvalue weighted by molar-refractivity contribution is -0.139. The second-order valence-corrected chi connectivity index (χ2v) is 3.49. The Kier molecular flexibility index (Phi) is 3.73. The molecule has 1 unspecified atom stereocenters. The molecular formula is C9H14F3N3. The number of nitrogens with one attached hydrogen (secondary N) is 1. The molecule has 0 radical (unpaired) electrons. The molecule has 0 aliphatic rings. The monoisotopic (exact) mass is 221 g/mol. The molecule has 0 aromatic carbocycles. The number of alkyl halides is 3. The highest BCUT2D eigenvalue weighted by Gasteiger charge is 2.31. The Labute approximate surface area is 86.3 Å². The number of hydrogen-bond acceptors (Lipinski definition) is 2. The highest BCUT2D eigenvalue weighted by Crippen LogP contribution is 2.22. The maximum atomic E-state index is 12.1. The highest BCUT2D eigenvalue weighted by atomic mass is 19.4. The van der Waals surface area contributed by atoms with Crippen molar-refractivity contribution in [2.45, 2.75) is 25.1 Å². The summed E-state index contributed by atoms with van der Waals surface area (Å²) in [6.45, 7) is 0. The smallest absolute Gasteiger partial charge is 0.316 e. The molecule has 1 aromatic heterocycles. The van der Waals surface area contributed by atoms with Gasteiger partial charge in [0.05, 0.1) is 12.1 Å². The fourth-order valence-electron chi connectivity index (χ4n) is 1.38. The summed E-state index contributed by atoms with van der Waals surface area (Å²) in [4.78, 5) is 0. The van der Waals surface area contributed by atoms with Crippen molar-refractivity contribution in [2.75, 3.05) is 7.05 Å². The Balaban J connectivity index is 2.54. The zero-order valence-electron chi connectivity index (χ0n) is 8.67. The van der Waals surface area contributed by atoms with Crippen LogP contribution < -0.4 is 5.32 Å². The molecule has 0 spiro atoms. The van der Waals surface area contributed by atoms with E-state index in [1.807, 2.05) is 0 Å². The molecule has 0 fully saturated rings. The minimum atomic E-state index is -4.14. The molecule has 0 aliphatic carbocycles. The summed E-state index contributed by atoms with van der Waals surface area (Å²) in [5.41, 5.74) is 0.668. The third-order valence-electron chi connectivity index (χ3n) is 2.11. The predicted molar refractivity (Wildman–Crippen MR) is 50.4 cm³/mol. The van der Waals surface area contributed by atoms with Crippen LogP contribution in [0.4, 0.5) is 13.2 Å². The quantitative estimate of drug-likeness (QED) is 0.835. The summed E-state index contributed by atoms with van der Waals surface area (Å²) < 4.78 is 38.0. The second kappa shape index (κ2) is 4.65. The fraction of sp³-hybridized carbons (Fsp3) is 0.667. The average molecular weight is 221 g/mol. The van der Waals surface area contributed by atoms with E-state index in [9.17, 15) is 13.2 Å². The zero-order valence-corrected chi connectivity index (χ0v) is 8.67. The Morgan fingerprint density at radius 3 is 2.60 bits per heavy atom. The van der Waals surface area contributed by atoms with E-state index in [1.165, 1.54) is 7.05 Å². The molecular weight excluding hydrogens is 207 g/mol. The van der Waals surface area contributed by atoms with Crippen LogP contribution in [-0.2, 0) is 13.5 Å². The molecule has 1 atom stereocenters. The van der Waals surface area contributed by atoms with Gasteiger partial charge < -0.3 is 5.32 Å². The molecule has 86 valence electrons. The van der Waals surface area contributed by atoms with Gasteiger partial charge in [-0.05, 0) is 13.1 Å². The summed E-state index contributed by atoms with van der Waals surface area (Å²) in [6.07, 6.45) is -2.96. The van der Waals surface area contributed by atoms with Gasteiger partial charge in [0.1, 0.15) is 0 Å². The van der Waals surface area contributed by atoms with Gasteiger partial charge in [0.2, 0.25) is 0 Å². The van der Waals surface area contributed by atoms with E-state index in [4.69, 9.17) is 0 Å². The first-order chi connectivity index (χ1) is 6.90. The molecule has 0 aliphatic heterocycles. The van der Waals surface area contributed by atoms with Crippen LogP contribution in [0.1, 0.15) is 12.1 Å². The van der Waals surface area contributed by atoms with Gasteiger partial charge in [0.15, 0.2) is 0 Å². The van der Waals surface area contributed by atoms with Crippen molar-refractivity contribution in [3.63, 3.8) is 0 Å². The van der Waals surface area contributed by atoms with Crippen LogP contribution in [0.5, 0.6) is 0 Å². The number of nitrogens with zero attached hydrogens (tertiary/aromatic N) is 2. The van der Waals surface area contributed by atoms with Crippen LogP contribution in [0, 0.1) is 0 Å². The highest BCUT2D eigenvalue weighted by molar-refractivity contribution is 5.01. The van der Waals surface area contributed by atoms with Crippen LogP contribution >= 0.6 is 0 Å². The molecule has 15 heavy (non-hydrogen) atoms. The summed E-state index contributed by atoms with van der Waals surface area (Å²) in [5, 5.41) is 6.68. The maximum Gasteiger partial charge on any atom is 0.390 e. The lowest BCUT2D eigenvalue weighted by Crippen LogP contribution is -2.33. The summed E-state index contributed by atoms with van der Waals surface area (Å²) in [7, 11) is 3.26. The van der Waals surface area contributed by atoms with Gasteiger partial charge in [-0.25, -0.2) is 0 Å². The maximum absolute atomic E-state index is 12.1. The van der Waals surface area contributed by atoms with Gasteiger partial charge in [0.25, 0.3) is 0 Å². The fourth-order valence-corrected chi connectivity index (χ4v) is 1.38. The van der Waals surface area contributed by atoms with Crippen molar-refractivity contribution in [2.24, 2.45) is 7.05 Å². The van der Waals surface area contributed by atoms with E-state index in [-0.39, 0.29) is 6.42 Å². The SMILES string of the molecule is CNC(Cc1ccn(C)n1)CC(F)(F)F. The summed E-state index contributed by atoms with van der Waals surface area (Å²) in [6, 6.07) is 1.11. The first-order valence-electron chi connectivity index (χ1n) is 4.63. The van der Waals surface area contributed by atoms with Gasteiger partial charge in [-0.2, -0.15) is 18.3 Å². The second-order valence-electron chi connectivity index (χ2n) is 3.49. The van der Waals surface area contributed by atoms with Gasteiger partial charge in [-0.1, -0.05) is 0 Å². The van der Waals surface area contributed by atoms with E-state index in [1.54, 1.807) is 24.0 Å². The van der Waals surface area contributed by atoms with Crippen LogP contribution in [-0.4, -0.2) is 29.0 Å². The third kappa shape index (κ3) is 4.33. The molecule has 6 heteroatoms. The normalized spacial score (nSPS) is 14.2. The van der Waals surface area contributed by atoms with Crippen molar-refractivity contribution in [1.82, 2.24) is 15.1 Å². The van der Waals surface area contributed by atoms with Crippen LogP contribution in [0.3, 0.4) is 0 Å². The summed E-state index contributed by atoms with van der Waals surface area (Å²) in [5.74, 6) is 0. The number of hydrogen-bond donors (Lipinski definition) is 1. The third-order valence-corrected chi connectivity index (χ3v) is 2.11. The van der Waals surface area contributed by atoms with Gasteiger partial charge in [-0.15, -0.1) is 0 Å². The molecule has 1 heterocycles. The van der Waals surface area contributed by atoms with Crippen molar-refractivity contribution < 1.29 is 13.2 Å². The topological polar surface area (TPSA) is 29.9 Å². The average Bonchev–Trinajstić information content (AvgIpc) is 2.47. The molecule has 0 amide bonds. The van der Waals surface area contributed by atoms with Crippen molar-refractivity contribution in [3.8, 4) is 0 Å². The predicted octanol–water partition coefficient (Wildman–Crippen LogP) is 1.50. The minimum Gasteiger partial charge on any atom is -0.316 e. The minimum absolute atomic E-state index is 0.289. The first kappa shape index (κ1) is 12.0. The van der Waals surface area contributed by atoms with E-state index < -0.39 is 18.6 Å². The zero-order chi connectivity index (χ0) is 11.5. The molecule has 0 saturated carbocycles. The Morgan fingerprint density at radius 2 is 2.20 bits per heavy atom. The van der Waals surface area contributed by atoms with Crippen molar-refractivity contribution >= 4 is 0 Å². The van der Waals surface area contributed by atoms with Crippen molar-refractivity contribution in [1.29, 1.82) is 0 Å². The van der Waals surface area contributed by atoms with Gasteiger partial charge in [-0.3, -0.25) is 4.68 Å². The van der Waals surface area contributed by atoms with Crippen LogP contribution in [0.25, 0.3) is 0 Å². The van der Waals surface area contributed by atoms with Crippen molar-refractivity contribution in [3.05, 3.63) is 18.0 Å². The van der Waals surface area contributed by atoms with Crippen LogP contribution in [0.2, 0.25) is 0 Å². The van der Waals surface area contributed by atoms with E-state index in [2.05, 4.69) is 10.4 Å². The lowest BCUT2D eigenvalue weighted by atomic mass is 10.1. The summed E-state index contributed by atoms with van der Waals surface area (Å²) >= 11 is 0. The molecule has 0 bridgehead atoms. The standard InChI is InChI=1S/C9H14F3N3/c1-13-8(6-9(10,11)12)5-7-3-4-15(2)14-7/h3-4,8,13H,5-6H2,1-2H3. The number of halogens is 3. The Morgan fingerprint density at radius 1 is 1.53 bits per heavy atom. The Bertz CT molecular complexity index is 306. The number of aryl methyl sites for hydroxylation is 1. The van der Waals surface area contributed by atoms with Gasteiger partial charge >= 0.3 is 6.18 Å². The first-order valence-corrected chi connectivity index (χ1v) is 4.63. The molecule has 1 aromatic rings. The van der Waals surface area contributed by atoms with Gasteiger partial charge in [0, 0.05) is 25.7 Å². The molecule has 1 N–H and O–H groups in total. The molecule has 1 rings (SSSR count). The number of aromatic nitrogens is 2. The lowest BCUT2D eigenvalue weighted by Gasteiger charge is -2.16. The van der Waals surface area contributed by atoms with E-state index in [0.29, 0.717) is 5.69 Å². The van der Waals surface area contributed by atoms with Crippen LogP contribution in [0.15, 0.2) is 12.3 Å². The number of rotatable bonds is 4. The number of likely N-dealkylation sites (N-methyl/N-ethyl adjacent to an activating group) is 1.